The fourth-order valence-corrected chi connectivity index (χ4v) is 2.37. The molecule has 2 heteroatoms. The Morgan fingerprint density at radius 2 is 1.94 bits per heavy atom. The zero-order valence-corrected chi connectivity index (χ0v) is 10.9. The van der Waals surface area contributed by atoms with Crippen LogP contribution in [-0.4, -0.2) is 17.3 Å². The summed E-state index contributed by atoms with van der Waals surface area (Å²) in [5.74, 6) is 2.80. The first kappa shape index (κ1) is 13.3. The number of carbonyl (C=O) groups is 1. The maximum Gasteiger partial charge on any atom is 0.143 e. The summed E-state index contributed by atoms with van der Waals surface area (Å²) in [5.41, 5.74) is 1.25. The van der Waals surface area contributed by atoms with E-state index < -0.39 is 0 Å². The minimum Gasteiger partial charge on any atom is -0.299 e. The Morgan fingerprint density at radius 3 is 2.56 bits per heavy atom. The first-order valence-electron chi connectivity index (χ1n) is 5.82. The fraction of sp³-hybridized carbons (Fsp3) is 0.500. The molecule has 0 radical (unpaired) electrons. The lowest BCUT2D eigenvalue weighted by Gasteiger charge is -2.04. The van der Waals surface area contributed by atoms with Gasteiger partial charge in [0.2, 0.25) is 0 Å². The summed E-state index contributed by atoms with van der Waals surface area (Å²) in [4.78, 5) is 11.6. The Hall–Kier alpha value is -0.760. The molecule has 1 nitrogen and oxygen atoms in total. The molecule has 0 aliphatic heterocycles. The third-order valence-electron chi connectivity index (χ3n) is 2.25. The molecule has 0 aliphatic carbocycles. The predicted molar refractivity (Wildman–Crippen MR) is 71.9 cm³/mol. The molecule has 0 heterocycles. The van der Waals surface area contributed by atoms with Crippen LogP contribution in [0, 0.1) is 5.92 Å². The number of aryl methyl sites for hydroxylation is 1. The molecule has 0 spiro atoms. The van der Waals surface area contributed by atoms with Gasteiger partial charge in [0.1, 0.15) is 5.78 Å². The largest absolute Gasteiger partial charge is 0.299 e. The molecule has 0 N–H and O–H groups in total. The van der Waals surface area contributed by atoms with E-state index in [0.717, 1.165) is 12.2 Å². The zero-order chi connectivity index (χ0) is 11.8. The number of Topliss-reactive ketones (excluding diaryl/α,β-unsaturated/α-hetero) is 1. The van der Waals surface area contributed by atoms with Crippen molar-refractivity contribution in [3.05, 3.63) is 35.9 Å². The van der Waals surface area contributed by atoms with Gasteiger partial charge in [-0.1, -0.05) is 44.2 Å². The summed E-state index contributed by atoms with van der Waals surface area (Å²) < 4.78 is 0. The van der Waals surface area contributed by atoms with Crippen LogP contribution in [0.25, 0.3) is 0 Å². The summed E-state index contributed by atoms with van der Waals surface area (Å²) >= 11 is 1.76. The summed E-state index contributed by atoms with van der Waals surface area (Å²) in [6.45, 7) is 4.36. The highest BCUT2D eigenvalue weighted by molar-refractivity contribution is 7.99. The van der Waals surface area contributed by atoms with Crippen molar-refractivity contribution in [3.63, 3.8) is 0 Å². The van der Waals surface area contributed by atoms with E-state index in [1.54, 1.807) is 11.8 Å². The highest BCUT2D eigenvalue weighted by Crippen LogP contribution is 2.09. The van der Waals surface area contributed by atoms with Crippen molar-refractivity contribution in [2.75, 3.05) is 11.5 Å². The van der Waals surface area contributed by atoms with E-state index in [1.165, 1.54) is 5.56 Å². The number of ketones is 1. The van der Waals surface area contributed by atoms with Crippen LogP contribution in [0.2, 0.25) is 0 Å². The quantitative estimate of drug-likeness (QED) is 0.720. The van der Waals surface area contributed by atoms with Crippen LogP contribution in [0.1, 0.15) is 25.8 Å². The first-order chi connectivity index (χ1) is 7.68. The highest BCUT2D eigenvalue weighted by atomic mass is 32.2. The lowest BCUT2D eigenvalue weighted by molar-refractivity contribution is -0.116. The van der Waals surface area contributed by atoms with Gasteiger partial charge >= 0.3 is 0 Å². The average Bonchev–Trinajstić information content (AvgIpc) is 2.27. The van der Waals surface area contributed by atoms with Gasteiger partial charge in [-0.2, -0.15) is 11.8 Å². The van der Waals surface area contributed by atoms with E-state index >= 15 is 0 Å². The van der Waals surface area contributed by atoms with Gasteiger partial charge < -0.3 is 0 Å². The molecule has 0 fully saturated rings. The molecular weight excluding hydrogens is 216 g/mol. The number of benzene rings is 1. The van der Waals surface area contributed by atoms with Crippen molar-refractivity contribution in [2.24, 2.45) is 5.92 Å². The molecule has 0 saturated carbocycles. The zero-order valence-electron chi connectivity index (χ0n) is 10.1. The standard InChI is InChI=1S/C14H20OS/c1-12(2)10-16-11-14(15)9-8-13-6-4-3-5-7-13/h3-7,12H,8-11H2,1-2H3. The lowest BCUT2D eigenvalue weighted by Crippen LogP contribution is -2.05. The predicted octanol–water partition coefficient (Wildman–Crippen LogP) is 3.58. The van der Waals surface area contributed by atoms with Gasteiger partial charge in [-0.3, -0.25) is 4.79 Å². The van der Waals surface area contributed by atoms with Gasteiger partial charge in [0.25, 0.3) is 0 Å². The molecule has 0 atom stereocenters. The summed E-state index contributed by atoms with van der Waals surface area (Å²) in [6, 6.07) is 10.2. The van der Waals surface area contributed by atoms with E-state index in [4.69, 9.17) is 0 Å². The van der Waals surface area contributed by atoms with Crippen molar-refractivity contribution >= 4 is 17.5 Å². The molecule has 1 aromatic carbocycles. The third kappa shape index (κ3) is 5.96. The number of hydrogen-bond donors (Lipinski definition) is 0. The average molecular weight is 236 g/mol. The van der Waals surface area contributed by atoms with Crippen LogP contribution in [0.3, 0.4) is 0 Å². The molecule has 88 valence electrons. The molecule has 0 bridgehead atoms. The molecule has 16 heavy (non-hydrogen) atoms. The summed E-state index contributed by atoms with van der Waals surface area (Å²) in [5, 5.41) is 0. The Labute approximate surface area is 103 Å². The fourth-order valence-electron chi connectivity index (χ4n) is 1.41. The minimum absolute atomic E-state index is 0.370. The highest BCUT2D eigenvalue weighted by Gasteiger charge is 2.03. The topological polar surface area (TPSA) is 17.1 Å². The molecule has 0 aliphatic rings. The van der Waals surface area contributed by atoms with E-state index in [2.05, 4.69) is 26.0 Å². The van der Waals surface area contributed by atoms with Crippen molar-refractivity contribution in [1.29, 1.82) is 0 Å². The molecule has 1 rings (SSSR count). The van der Waals surface area contributed by atoms with Crippen molar-refractivity contribution in [1.82, 2.24) is 0 Å². The Balaban J connectivity index is 2.16. The monoisotopic (exact) mass is 236 g/mol. The second-order valence-electron chi connectivity index (χ2n) is 4.43. The summed E-state index contributed by atoms with van der Waals surface area (Å²) in [7, 11) is 0. The number of rotatable bonds is 7. The van der Waals surface area contributed by atoms with E-state index in [0.29, 0.717) is 23.9 Å². The van der Waals surface area contributed by atoms with Crippen molar-refractivity contribution < 1.29 is 4.79 Å². The van der Waals surface area contributed by atoms with Gasteiger partial charge in [0.05, 0.1) is 5.75 Å². The Kier molecular flexibility index (Phi) is 6.24. The minimum atomic E-state index is 0.370. The van der Waals surface area contributed by atoms with Crippen LogP contribution in [-0.2, 0) is 11.2 Å². The maximum atomic E-state index is 11.6. The Morgan fingerprint density at radius 1 is 1.25 bits per heavy atom. The second kappa shape index (κ2) is 7.50. The van der Waals surface area contributed by atoms with Crippen LogP contribution in [0.4, 0.5) is 0 Å². The van der Waals surface area contributed by atoms with E-state index in [1.807, 2.05) is 18.2 Å². The van der Waals surface area contributed by atoms with Crippen LogP contribution in [0.15, 0.2) is 30.3 Å². The number of hydrogen-bond acceptors (Lipinski definition) is 2. The first-order valence-corrected chi connectivity index (χ1v) is 6.97. The van der Waals surface area contributed by atoms with E-state index in [-0.39, 0.29) is 0 Å². The normalized spacial score (nSPS) is 10.7. The van der Waals surface area contributed by atoms with Gasteiger partial charge in [-0.15, -0.1) is 0 Å². The van der Waals surface area contributed by atoms with Crippen LogP contribution >= 0.6 is 11.8 Å². The smallest absolute Gasteiger partial charge is 0.143 e. The molecule has 0 amide bonds. The van der Waals surface area contributed by atoms with Gasteiger partial charge in [0, 0.05) is 6.42 Å². The van der Waals surface area contributed by atoms with Gasteiger partial charge in [0.15, 0.2) is 0 Å². The number of carbonyl (C=O) groups excluding carboxylic acids is 1. The van der Waals surface area contributed by atoms with Crippen LogP contribution < -0.4 is 0 Å². The van der Waals surface area contributed by atoms with Crippen LogP contribution in [0.5, 0.6) is 0 Å². The maximum absolute atomic E-state index is 11.6. The molecule has 0 unspecified atom stereocenters. The lowest BCUT2D eigenvalue weighted by atomic mass is 10.1. The van der Waals surface area contributed by atoms with Crippen molar-refractivity contribution in [3.8, 4) is 0 Å². The second-order valence-corrected chi connectivity index (χ2v) is 5.46. The molecular formula is C14H20OS. The van der Waals surface area contributed by atoms with Gasteiger partial charge in [-0.05, 0) is 23.7 Å². The third-order valence-corrected chi connectivity index (χ3v) is 3.68. The van der Waals surface area contributed by atoms with Gasteiger partial charge in [-0.25, -0.2) is 0 Å². The number of thioether (sulfide) groups is 1. The van der Waals surface area contributed by atoms with E-state index in [9.17, 15) is 4.79 Å². The van der Waals surface area contributed by atoms with Crippen molar-refractivity contribution in [2.45, 2.75) is 26.7 Å². The Bertz CT molecular complexity index is 306. The SMILES string of the molecule is CC(C)CSCC(=O)CCc1ccccc1. The summed E-state index contributed by atoms with van der Waals surface area (Å²) in [6.07, 6.45) is 1.55. The molecule has 1 aromatic rings. The molecule has 0 aromatic heterocycles. The molecule has 0 saturated heterocycles.